The predicted molar refractivity (Wildman–Crippen MR) is 91.7 cm³/mol. The maximum Gasteiger partial charge on any atom is 0.264 e. The van der Waals surface area contributed by atoms with E-state index in [0.29, 0.717) is 11.4 Å². The molecular formula is C17H24N2O3S. The van der Waals surface area contributed by atoms with Gasteiger partial charge < -0.3 is 4.74 Å². The summed E-state index contributed by atoms with van der Waals surface area (Å²) in [4.78, 5) is 2.52. The van der Waals surface area contributed by atoms with Gasteiger partial charge in [-0.2, -0.15) is 0 Å². The minimum atomic E-state index is -3.55. The van der Waals surface area contributed by atoms with Crippen molar-refractivity contribution in [2.45, 2.75) is 11.8 Å². The minimum absolute atomic E-state index is 0.246. The summed E-state index contributed by atoms with van der Waals surface area (Å²) in [5.74, 6) is 0. The van der Waals surface area contributed by atoms with Crippen LogP contribution in [0, 0.1) is 6.92 Å². The maximum atomic E-state index is 12.7. The molecule has 0 aromatic heterocycles. The van der Waals surface area contributed by atoms with Crippen LogP contribution in [-0.4, -0.2) is 57.0 Å². The van der Waals surface area contributed by atoms with Crippen molar-refractivity contribution in [3.8, 4) is 0 Å². The largest absolute Gasteiger partial charge is 0.379 e. The third-order valence-electron chi connectivity index (χ3n) is 3.68. The molecular weight excluding hydrogens is 312 g/mol. The summed E-state index contributed by atoms with van der Waals surface area (Å²) >= 11 is 0. The van der Waals surface area contributed by atoms with Crippen molar-refractivity contribution in [1.82, 2.24) is 9.21 Å². The molecule has 1 saturated heterocycles. The van der Waals surface area contributed by atoms with Crippen LogP contribution in [0.1, 0.15) is 5.56 Å². The van der Waals surface area contributed by atoms with Gasteiger partial charge in [0.1, 0.15) is 0 Å². The number of rotatable bonds is 7. The predicted octanol–water partition coefficient (Wildman–Crippen LogP) is 2.02. The highest BCUT2D eigenvalue weighted by atomic mass is 32.2. The smallest absolute Gasteiger partial charge is 0.264 e. The number of morpholine rings is 1. The van der Waals surface area contributed by atoms with E-state index in [1.807, 2.05) is 13.0 Å². The molecule has 0 bridgehead atoms. The average Bonchev–Trinajstić information content (AvgIpc) is 2.55. The average molecular weight is 336 g/mol. The summed E-state index contributed by atoms with van der Waals surface area (Å²) in [6.45, 7) is 9.74. The molecule has 2 rings (SSSR count). The highest BCUT2D eigenvalue weighted by molar-refractivity contribution is 7.89. The summed E-state index contributed by atoms with van der Waals surface area (Å²) in [7, 11) is -3.55. The van der Waals surface area contributed by atoms with Crippen molar-refractivity contribution in [3.63, 3.8) is 0 Å². The highest BCUT2D eigenvalue weighted by Gasteiger charge is 2.20. The number of hydrogen-bond acceptors (Lipinski definition) is 4. The maximum absolute atomic E-state index is 12.7. The van der Waals surface area contributed by atoms with Gasteiger partial charge in [-0.3, -0.25) is 9.21 Å². The van der Waals surface area contributed by atoms with E-state index in [1.54, 1.807) is 36.5 Å². The van der Waals surface area contributed by atoms with Crippen LogP contribution in [0.15, 0.2) is 54.1 Å². The van der Waals surface area contributed by atoms with Crippen LogP contribution in [0.2, 0.25) is 0 Å². The van der Waals surface area contributed by atoms with Crippen molar-refractivity contribution in [2.75, 3.05) is 39.4 Å². The van der Waals surface area contributed by atoms with Crippen LogP contribution in [-0.2, 0) is 14.8 Å². The first-order valence-corrected chi connectivity index (χ1v) is 9.14. The first-order chi connectivity index (χ1) is 11.0. The molecule has 0 unspecified atom stereocenters. The van der Waals surface area contributed by atoms with E-state index in [0.717, 1.165) is 31.9 Å². The monoisotopic (exact) mass is 336 g/mol. The second-order valence-electron chi connectivity index (χ2n) is 5.47. The van der Waals surface area contributed by atoms with Crippen LogP contribution in [0.3, 0.4) is 0 Å². The molecule has 1 aliphatic heterocycles. The number of nitrogens with zero attached hydrogens (tertiary/aromatic N) is 2. The summed E-state index contributed by atoms with van der Waals surface area (Å²) in [6, 6.07) is 6.87. The van der Waals surface area contributed by atoms with E-state index in [4.69, 9.17) is 4.74 Å². The first kappa shape index (κ1) is 17.7. The summed E-state index contributed by atoms with van der Waals surface area (Å²) in [6.07, 6.45) is 5.09. The number of sulfonamides is 1. The van der Waals surface area contributed by atoms with Crippen molar-refractivity contribution in [3.05, 3.63) is 54.8 Å². The number of hydrogen-bond donors (Lipinski definition) is 0. The molecule has 126 valence electrons. The van der Waals surface area contributed by atoms with Gasteiger partial charge in [-0.05, 0) is 19.1 Å². The van der Waals surface area contributed by atoms with E-state index in [1.165, 1.54) is 4.31 Å². The quantitative estimate of drug-likeness (QED) is 0.715. The van der Waals surface area contributed by atoms with Gasteiger partial charge in [-0.15, -0.1) is 6.58 Å². The molecule has 1 heterocycles. The fraction of sp³-hybridized carbons (Fsp3) is 0.412. The Bertz CT molecular complexity index is 632. The SMILES string of the molecule is C=CCN(/C=C/CN1CCOCC1)S(=O)(=O)c1ccc(C)cc1. The van der Waals surface area contributed by atoms with Gasteiger partial charge in [0.15, 0.2) is 0 Å². The first-order valence-electron chi connectivity index (χ1n) is 7.70. The zero-order valence-corrected chi connectivity index (χ0v) is 14.3. The van der Waals surface area contributed by atoms with Crippen LogP contribution in [0.5, 0.6) is 0 Å². The zero-order valence-electron chi connectivity index (χ0n) is 13.5. The Morgan fingerprint density at radius 3 is 2.52 bits per heavy atom. The molecule has 1 aliphatic rings. The third kappa shape index (κ3) is 4.92. The van der Waals surface area contributed by atoms with E-state index in [9.17, 15) is 8.42 Å². The van der Waals surface area contributed by atoms with Crippen molar-refractivity contribution in [1.29, 1.82) is 0 Å². The molecule has 6 heteroatoms. The molecule has 5 nitrogen and oxygen atoms in total. The fourth-order valence-corrected chi connectivity index (χ4v) is 3.61. The van der Waals surface area contributed by atoms with Crippen molar-refractivity contribution >= 4 is 10.0 Å². The lowest BCUT2D eigenvalue weighted by molar-refractivity contribution is 0.0433. The molecule has 0 aliphatic carbocycles. The Labute approximate surface area is 138 Å². The van der Waals surface area contributed by atoms with E-state index < -0.39 is 10.0 Å². The Balaban J connectivity index is 2.09. The van der Waals surface area contributed by atoms with Gasteiger partial charge in [0.25, 0.3) is 10.0 Å². The second kappa shape index (κ2) is 8.29. The van der Waals surface area contributed by atoms with E-state index in [-0.39, 0.29) is 6.54 Å². The lowest BCUT2D eigenvalue weighted by atomic mass is 10.2. The Morgan fingerprint density at radius 2 is 1.91 bits per heavy atom. The molecule has 0 amide bonds. The lowest BCUT2D eigenvalue weighted by Crippen LogP contribution is -2.36. The van der Waals surface area contributed by atoms with Gasteiger partial charge in [-0.25, -0.2) is 8.42 Å². The molecule has 1 fully saturated rings. The molecule has 0 radical (unpaired) electrons. The Hall–Kier alpha value is -1.63. The number of benzene rings is 1. The van der Waals surface area contributed by atoms with E-state index in [2.05, 4.69) is 11.5 Å². The summed E-state index contributed by atoms with van der Waals surface area (Å²) < 4.78 is 32.0. The van der Waals surface area contributed by atoms with Crippen LogP contribution in [0.25, 0.3) is 0 Å². The molecule has 23 heavy (non-hydrogen) atoms. The number of ether oxygens (including phenoxy) is 1. The molecule has 0 spiro atoms. The normalized spacial score (nSPS) is 16.6. The second-order valence-corrected chi connectivity index (χ2v) is 7.36. The van der Waals surface area contributed by atoms with Crippen molar-refractivity contribution < 1.29 is 13.2 Å². The summed E-state index contributed by atoms with van der Waals surface area (Å²) in [5.41, 5.74) is 1.03. The zero-order chi connectivity index (χ0) is 16.7. The van der Waals surface area contributed by atoms with Crippen LogP contribution in [0.4, 0.5) is 0 Å². The Morgan fingerprint density at radius 1 is 1.26 bits per heavy atom. The highest BCUT2D eigenvalue weighted by Crippen LogP contribution is 2.16. The molecule has 0 N–H and O–H groups in total. The Kier molecular flexibility index (Phi) is 6.38. The van der Waals surface area contributed by atoms with Crippen molar-refractivity contribution in [2.24, 2.45) is 0 Å². The molecule has 0 atom stereocenters. The van der Waals surface area contributed by atoms with Gasteiger partial charge in [0.2, 0.25) is 0 Å². The van der Waals surface area contributed by atoms with Gasteiger partial charge >= 0.3 is 0 Å². The van der Waals surface area contributed by atoms with Crippen LogP contribution >= 0.6 is 0 Å². The standard InChI is InChI=1S/C17H24N2O3S/c1-3-9-19(11-4-10-18-12-14-22-15-13-18)23(20,21)17-7-5-16(2)6-8-17/h3-8,11H,1,9-10,12-15H2,2H3/b11-4+. The molecule has 1 aromatic rings. The van der Waals surface area contributed by atoms with E-state index >= 15 is 0 Å². The molecule has 0 saturated carbocycles. The lowest BCUT2D eigenvalue weighted by Gasteiger charge is -2.25. The summed E-state index contributed by atoms with van der Waals surface area (Å²) in [5, 5.41) is 0. The minimum Gasteiger partial charge on any atom is -0.379 e. The van der Waals surface area contributed by atoms with Gasteiger partial charge in [0.05, 0.1) is 24.7 Å². The fourth-order valence-electron chi connectivity index (χ4n) is 2.31. The third-order valence-corrected chi connectivity index (χ3v) is 5.43. The molecule has 1 aromatic carbocycles. The van der Waals surface area contributed by atoms with Gasteiger partial charge in [-0.1, -0.05) is 29.8 Å². The van der Waals surface area contributed by atoms with Crippen LogP contribution < -0.4 is 0 Å². The number of aryl methyl sites for hydroxylation is 1. The van der Waals surface area contributed by atoms with Gasteiger partial charge in [0, 0.05) is 25.8 Å². The topological polar surface area (TPSA) is 49.9 Å².